The van der Waals surface area contributed by atoms with Gasteiger partial charge in [-0.3, -0.25) is 4.90 Å². The van der Waals surface area contributed by atoms with Crippen molar-refractivity contribution in [3.05, 3.63) is 35.1 Å². The molecule has 94 valence electrons. The molecule has 17 heavy (non-hydrogen) atoms. The molecule has 5 heteroatoms. The van der Waals surface area contributed by atoms with Crippen LogP contribution in [-0.4, -0.2) is 43.3 Å². The van der Waals surface area contributed by atoms with Crippen molar-refractivity contribution in [3.8, 4) is 0 Å². The second-order valence-electron chi connectivity index (χ2n) is 3.76. The van der Waals surface area contributed by atoms with Gasteiger partial charge in [0.05, 0.1) is 19.3 Å². The van der Waals surface area contributed by atoms with Crippen LogP contribution in [0.15, 0.2) is 18.2 Å². The first kappa shape index (κ1) is 13.6. The van der Waals surface area contributed by atoms with Crippen molar-refractivity contribution in [2.24, 2.45) is 0 Å². The highest BCUT2D eigenvalue weighted by Gasteiger charge is 2.11. The summed E-state index contributed by atoms with van der Waals surface area (Å²) in [5.41, 5.74) is 0.727. The monoisotopic (exact) mass is 241 g/mol. The number of aliphatic hydroxyl groups is 1. The third-order valence-electron chi connectivity index (χ3n) is 2.39. The fraction of sp³-hybridized carbons (Fsp3) is 0.417. The maximum atomic E-state index is 13.5. The molecule has 1 aromatic rings. The summed E-state index contributed by atoms with van der Waals surface area (Å²) >= 11 is 0. The molecule has 0 unspecified atom stereocenters. The molecule has 0 aliphatic rings. The number of hydrogen-bond acceptors (Lipinski definition) is 4. The van der Waals surface area contributed by atoms with E-state index in [-0.39, 0.29) is 12.4 Å². The highest BCUT2D eigenvalue weighted by molar-refractivity contribution is 5.89. The second kappa shape index (κ2) is 6.32. The topological polar surface area (TPSA) is 49.8 Å². The average Bonchev–Trinajstić information content (AvgIpc) is 2.31. The minimum absolute atomic E-state index is 0.00874. The smallest absolute Gasteiger partial charge is 0.337 e. The number of halogens is 1. The average molecular weight is 241 g/mol. The van der Waals surface area contributed by atoms with Crippen LogP contribution >= 0.6 is 0 Å². The summed E-state index contributed by atoms with van der Waals surface area (Å²) in [5.74, 6) is -0.862. The summed E-state index contributed by atoms with van der Waals surface area (Å²) in [6.07, 6.45) is 0. The number of esters is 1. The SMILES string of the molecule is COC(=O)c1ccc(F)c(CN(C)CCO)c1. The van der Waals surface area contributed by atoms with Crippen LogP contribution in [0.3, 0.4) is 0 Å². The van der Waals surface area contributed by atoms with Crippen LogP contribution < -0.4 is 0 Å². The summed E-state index contributed by atoms with van der Waals surface area (Å²) < 4.78 is 18.1. The molecular weight excluding hydrogens is 225 g/mol. The number of aliphatic hydroxyl groups excluding tert-OH is 1. The van der Waals surface area contributed by atoms with Gasteiger partial charge in [-0.2, -0.15) is 0 Å². The lowest BCUT2D eigenvalue weighted by Gasteiger charge is -2.15. The molecule has 0 aromatic heterocycles. The van der Waals surface area contributed by atoms with E-state index >= 15 is 0 Å². The van der Waals surface area contributed by atoms with E-state index in [1.54, 1.807) is 11.9 Å². The van der Waals surface area contributed by atoms with E-state index < -0.39 is 5.97 Å². The maximum absolute atomic E-state index is 13.5. The third kappa shape index (κ3) is 3.80. The number of hydrogen-bond donors (Lipinski definition) is 1. The Bertz CT molecular complexity index is 395. The summed E-state index contributed by atoms with van der Waals surface area (Å²) in [4.78, 5) is 13.1. The lowest BCUT2D eigenvalue weighted by molar-refractivity contribution is 0.0600. The molecule has 1 aromatic carbocycles. The van der Waals surface area contributed by atoms with Crippen LogP contribution in [0.2, 0.25) is 0 Å². The van der Waals surface area contributed by atoms with E-state index in [0.717, 1.165) is 0 Å². The van der Waals surface area contributed by atoms with Gasteiger partial charge in [0.15, 0.2) is 0 Å². The number of nitrogens with zero attached hydrogens (tertiary/aromatic N) is 1. The number of carbonyl (C=O) groups excluding carboxylic acids is 1. The Morgan fingerprint density at radius 1 is 1.53 bits per heavy atom. The quantitative estimate of drug-likeness (QED) is 0.782. The van der Waals surface area contributed by atoms with E-state index in [1.807, 2.05) is 0 Å². The Labute approximate surface area is 99.6 Å². The van der Waals surface area contributed by atoms with E-state index in [4.69, 9.17) is 5.11 Å². The van der Waals surface area contributed by atoms with Crippen LogP contribution in [0, 0.1) is 5.82 Å². The second-order valence-corrected chi connectivity index (χ2v) is 3.76. The van der Waals surface area contributed by atoms with Gasteiger partial charge in [-0.1, -0.05) is 0 Å². The van der Waals surface area contributed by atoms with Crippen LogP contribution in [0.25, 0.3) is 0 Å². The molecule has 1 rings (SSSR count). The van der Waals surface area contributed by atoms with Gasteiger partial charge >= 0.3 is 5.97 Å². The largest absolute Gasteiger partial charge is 0.465 e. The van der Waals surface area contributed by atoms with E-state index in [9.17, 15) is 9.18 Å². The molecule has 0 saturated carbocycles. The highest BCUT2D eigenvalue weighted by Crippen LogP contribution is 2.13. The minimum Gasteiger partial charge on any atom is -0.465 e. The molecule has 0 fully saturated rings. The Hall–Kier alpha value is -1.46. The van der Waals surface area contributed by atoms with E-state index in [2.05, 4.69) is 4.74 Å². The van der Waals surface area contributed by atoms with Crippen molar-refractivity contribution in [3.63, 3.8) is 0 Å². The molecule has 0 saturated heterocycles. The Balaban J connectivity index is 2.86. The summed E-state index contributed by atoms with van der Waals surface area (Å²) in [6, 6.07) is 4.10. The van der Waals surface area contributed by atoms with Crippen LogP contribution in [0.1, 0.15) is 15.9 Å². The minimum atomic E-state index is -0.490. The number of carbonyl (C=O) groups is 1. The first-order valence-corrected chi connectivity index (χ1v) is 5.24. The van der Waals surface area contributed by atoms with Gasteiger partial charge in [0.2, 0.25) is 0 Å². The fourth-order valence-corrected chi connectivity index (χ4v) is 1.48. The molecule has 4 nitrogen and oxygen atoms in total. The van der Waals surface area contributed by atoms with Crippen LogP contribution in [0.5, 0.6) is 0 Å². The molecule has 0 atom stereocenters. The van der Waals surface area contributed by atoms with Crippen molar-refractivity contribution >= 4 is 5.97 Å². The Morgan fingerprint density at radius 3 is 2.82 bits per heavy atom. The van der Waals surface area contributed by atoms with Crippen LogP contribution in [-0.2, 0) is 11.3 Å². The summed E-state index contributed by atoms with van der Waals surface area (Å²) in [7, 11) is 3.05. The predicted molar refractivity (Wildman–Crippen MR) is 61.2 cm³/mol. The molecule has 0 aliphatic heterocycles. The van der Waals surface area contributed by atoms with Gasteiger partial charge in [-0.15, -0.1) is 0 Å². The number of likely N-dealkylation sites (N-methyl/N-ethyl adjacent to an activating group) is 1. The lowest BCUT2D eigenvalue weighted by Crippen LogP contribution is -2.22. The summed E-state index contributed by atoms with van der Waals surface area (Å²) in [6.45, 7) is 0.786. The van der Waals surface area contributed by atoms with Crippen LogP contribution in [0.4, 0.5) is 4.39 Å². The molecule has 0 amide bonds. The van der Waals surface area contributed by atoms with Crippen molar-refractivity contribution in [2.75, 3.05) is 27.3 Å². The maximum Gasteiger partial charge on any atom is 0.337 e. The summed E-state index contributed by atoms with van der Waals surface area (Å²) in [5, 5.41) is 8.76. The molecule has 1 N–H and O–H groups in total. The normalized spacial score (nSPS) is 10.6. The van der Waals surface area contributed by atoms with E-state index in [1.165, 1.54) is 25.3 Å². The number of methoxy groups -OCH3 is 1. The molecular formula is C12H16FNO3. The highest BCUT2D eigenvalue weighted by atomic mass is 19.1. The predicted octanol–water partition coefficient (Wildman–Crippen LogP) is 1.04. The zero-order valence-electron chi connectivity index (χ0n) is 9.94. The molecule has 0 aliphatic carbocycles. The third-order valence-corrected chi connectivity index (χ3v) is 2.39. The molecule has 0 bridgehead atoms. The van der Waals surface area contributed by atoms with Crippen molar-refractivity contribution < 1.29 is 19.0 Å². The first-order chi connectivity index (χ1) is 8.08. The zero-order chi connectivity index (χ0) is 12.8. The number of ether oxygens (including phenoxy) is 1. The van der Waals surface area contributed by atoms with Crippen molar-refractivity contribution in [1.82, 2.24) is 4.90 Å². The van der Waals surface area contributed by atoms with Gasteiger partial charge in [-0.25, -0.2) is 9.18 Å². The molecule has 0 radical (unpaired) electrons. The van der Waals surface area contributed by atoms with Gasteiger partial charge in [-0.05, 0) is 25.2 Å². The van der Waals surface area contributed by atoms with Gasteiger partial charge in [0, 0.05) is 18.7 Å². The Morgan fingerprint density at radius 2 is 2.24 bits per heavy atom. The number of benzene rings is 1. The van der Waals surface area contributed by atoms with Gasteiger partial charge in [0.25, 0.3) is 0 Å². The van der Waals surface area contributed by atoms with Gasteiger partial charge < -0.3 is 9.84 Å². The fourth-order valence-electron chi connectivity index (χ4n) is 1.48. The molecule has 0 heterocycles. The zero-order valence-corrected chi connectivity index (χ0v) is 9.94. The van der Waals surface area contributed by atoms with Crippen molar-refractivity contribution in [1.29, 1.82) is 0 Å². The lowest BCUT2D eigenvalue weighted by atomic mass is 10.1. The standard InChI is InChI=1S/C12H16FNO3/c1-14(5-6-15)8-10-7-9(12(16)17-2)3-4-11(10)13/h3-4,7,15H,5-6,8H2,1-2H3. The first-order valence-electron chi connectivity index (χ1n) is 5.24. The number of rotatable bonds is 5. The van der Waals surface area contributed by atoms with Gasteiger partial charge in [0.1, 0.15) is 5.82 Å². The van der Waals surface area contributed by atoms with Crippen molar-refractivity contribution in [2.45, 2.75) is 6.54 Å². The van der Waals surface area contributed by atoms with E-state index in [0.29, 0.717) is 24.2 Å². The Kier molecular flexibility index (Phi) is 5.06. The molecule has 0 spiro atoms.